The van der Waals surface area contributed by atoms with Crippen LogP contribution < -0.4 is 4.74 Å². The van der Waals surface area contributed by atoms with E-state index in [9.17, 15) is 13.2 Å². The van der Waals surface area contributed by atoms with Crippen LogP contribution in [0.4, 0.5) is 0 Å². The third-order valence-electron chi connectivity index (χ3n) is 5.25. The average Bonchev–Trinajstić information content (AvgIpc) is 2.69. The first-order valence-electron chi connectivity index (χ1n) is 9.35. The van der Waals surface area contributed by atoms with Gasteiger partial charge < -0.3 is 9.47 Å². The maximum Gasteiger partial charge on any atom is 0.310 e. The molecule has 0 bridgehead atoms. The smallest absolute Gasteiger partial charge is 0.310 e. The van der Waals surface area contributed by atoms with E-state index in [0.29, 0.717) is 25.1 Å². The Hall–Kier alpha value is -1.60. The fourth-order valence-corrected chi connectivity index (χ4v) is 5.22. The molecule has 26 heavy (non-hydrogen) atoms. The van der Waals surface area contributed by atoms with E-state index in [1.807, 2.05) is 0 Å². The molecule has 6 nitrogen and oxygen atoms in total. The summed E-state index contributed by atoms with van der Waals surface area (Å²) < 4.78 is 37.9. The summed E-state index contributed by atoms with van der Waals surface area (Å²) in [7, 11) is -2.08. The van der Waals surface area contributed by atoms with Crippen molar-refractivity contribution in [1.29, 1.82) is 0 Å². The topological polar surface area (TPSA) is 72.9 Å². The van der Waals surface area contributed by atoms with Gasteiger partial charge >= 0.3 is 5.97 Å². The molecule has 2 fully saturated rings. The second-order valence-corrected chi connectivity index (χ2v) is 9.01. The van der Waals surface area contributed by atoms with Gasteiger partial charge in [0, 0.05) is 13.1 Å². The predicted octanol–water partition coefficient (Wildman–Crippen LogP) is 2.97. The number of ether oxygens (including phenoxy) is 2. The Morgan fingerprint density at radius 2 is 1.73 bits per heavy atom. The third-order valence-corrected chi connectivity index (χ3v) is 7.13. The number of esters is 1. The van der Waals surface area contributed by atoms with E-state index in [1.165, 1.54) is 30.0 Å². The molecule has 1 aromatic carbocycles. The van der Waals surface area contributed by atoms with Crippen LogP contribution in [0, 0.1) is 5.92 Å². The lowest BCUT2D eigenvalue weighted by atomic mass is 9.96. The fraction of sp³-hybridized carbons (Fsp3) is 0.632. The summed E-state index contributed by atoms with van der Waals surface area (Å²) in [5.74, 6) is -0.0123. The number of nitrogens with zero attached hydrogens (tertiary/aromatic N) is 1. The van der Waals surface area contributed by atoms with E-state index in [2.05, 4.69) is 0 Å². The summed E-state index contributed by atoms with van der Waals surface area (Å²) in [5.41, 5.74) is 0. The highest BCUT2D eigenvalue weighted by molar-refractivity contribution is 7.89. The van der Waals surface area contributed by atoms with Gasteiger partial charge in [0.2, 0.25) is 10.0 Å². The highest BCUT2D eigenvalue weighted by Crippen LogP contribution is 2.27. The van der Waals surface area contributed by atoms with Crippen LogP contribution in [-0.4, -0.2) is 45.0 Å². The molecule has 1 atom stereocenters. The largest absolute Gasteiger partial charge is 0.497 e. The molecular weight excluding hydrogens is 354 g/mol. The minimum Gasteiger partial charge on any atom is -0.497 e. The molecule has 0 radical (unpaired) electrons. The Balaban J connectivity index is 1.65. The van der Waals surface area contributed by atoms with Gasteiger partial charge in [-0.1, -0.05) is 6.42 Å². The first-order valence-corrected chi connectivity index (χ1v) is 10.8. The van der Waals surface area contributed by atoms with Crippen molar-refractivity contribution in [2.45, 2.75) is 55.9 Å². The summed E-state index contributed by atoms with van der Waals surface area (Å²) in [4.78, 5) is 12.7. The van der Waals surface area contributed by atoms with Crippen LogP contribution >= 0.6 is 0 Å². The molecular formula is C19H27NO5S. The molecule has 1 aliphatic heterocycles. The fourth-order valence-electron chi connectivity index (χ4n) is 3.69. The lowest BCUT2D eigenvalue weighted by Crippen LogP contribution is -2.43. The molecule has 144 valence electrons. The molecule has 0 amide bonds. The quantitative estimate of drug-likeness (QED) is 0.733. The van der Waals surface area contributed by atoms with Crippen molar-refractivity contribution >= 4 is 16.0 Å². The third kappa shape index (κ3) is 4.38. The van der Waals surface area contributed by atoms with Crippen LogP contribution in [0.2, 0.25) is 0 Å². The maximum atomic E-state index is 12.9. The van der Waals surface area contributed by atoms with Crippen molar-refractivity contribution < 1.29 is 22.7 Å². The van der Waals surface area contributed by atoms with Crippen LogP contribution in [0.5, 0.6) is 5.75 Å². The lowest BCUT2D eigenvalue weighted by molar-refractivity contribution is -0.156. The number of carbonyl (C=O) groups excluding carboxylic acids is 1. The van der Waals surface area contributed by atoms with Gasteiger partial charge in [-0.2, -0.15) is 4.31 Å². The molecule has 7 heteroatoms. The van der Waals surface area contributed by atoms with Crippen molar-refractivity contribution in [3.8, 4) is 5.75 Å². The van der Waals surface area contributed by atoms with Gasteiger partial charge in [-0.25, -0.2) is 8.42 Å². The van der Waals surface area contributed by atoms with Crippen LogP contribution in [0.25, 0.3) is 0 Å². The van der Waals surface area contributed by atoms with Gasteiger partial charge in [0.05, 0.1) is 17.9 Å². The SMILES string of the molecule is COc1ccc(S(=O)(=O)N2CCCC(C(=O)OC3CCCCC3)C2)cc1. The second-order valence-electron chi connectivity index (χ2n) is 7.07. The molecule has 1 unspecified atom stereocenters. The van der Waals surface area contributed by atoms with Gasteiger partial charge in [0.25, 0.3) is 0 Å². The zero-order valence-corrected chi connectivity index (χ0v) is 16.0. The number of rotatable bonds is 5. The normalized spacial score (nSPS) is 22.7. The monoisotopic (exact) mass is 381 g/mol. The molecule has 0 N–H and O–H groups in total. The van der Waals surface area contributed by atoms with E-state index >= 15 is 0 Å². The average molecular weight is 381 g/mol. The number of sulfonamides is 1. The van der Waals surface area contributed by atoms with Gasteiger partial charge in [-0.3, -0.25) is 4.79 Å². The minimum absolute atomic E-state index is 0.00446. The predicted molar refractivity (Wildman–Crippen MR) is 97.4 cm³/mol. The number of hydrogen-bond acceptors (Lipinski definition) is 5. The van der Waals surface area contributed by atoms with Gasteiger partial charge in [0.15, 0.2) is 0 Å². The van der Waals surface area contributed by atoms with Gasteiger partial charge in [-0.15, -0.1) is 0 Å². The Morgan fingerprint density at radius 3 is 2.38 bits per heavy atom. The molecule has 1 aliphatic carbocycles. The molecule has 1 saturated carbocycles. The van der Waals surface area contributed by atoms with E-state index in [4.69, 9.17) is 9.47 Å². The van der Waals surface area contributed by atoms with Crippen LogP contribution in [0.3, 0.4) is 0 Å². The number of piperidine rings is 1. The highest BCUT2D eigenvalue weighted by Gasteiger charge is 2.35. The number of carbonyl (C=O) groups is 1. The number of hydrogen-bond donors (Lipinski definition) is 0. The van der Waals surface area contributed by atoms with Crippen molar-refractivity contribution in [3.63, 3.8) is 0 Å². The summed E-state index contributed by atoms with van der Waals surface area (Å²) >= 11 is 0. The van der Waals surface area contributed by atoms with E-state index in [0.717, 1.165) is 25.7 Å². The zero-order chi connectivity index (χ0) is 18.6. The van der Waals surface area contributed by atoms with Crippen molar-refractivity contribution in [2.75, 3.05) is 20.2 Å². The second kappa shape index (κ2) is 8.39. The van der Waals surface area contributed by atoms with Crippen molar-refractivity contribution in [1.82, 2.24) is 4.31 Å². The van der Waals surface area contributed by atoms with E-state index in [-0.39, 0.29) is 29.4 Å². The highest BCUT2D eigenvalue weighted by atomic mass is 32.2. The summed E-state index contributed by atoms with van der Waals surface area (Å²) in [6.07, 6.45) is 6.59. The van der Waals surface area contributed by atoms with Gasteiger partial charge in [-0.05, 0) is 62.8 Å². The number of methoxy groups -OCH3 is 1. The first kappa shape index (κ1) is 19.2. The molecule has 1 saturated heterocycles. The van der Waals surface area contributed by atoms with Gasteiger partial charge in [0.1, 0.15) is 11.9 Å². The Morgan fingerprint density at radius 1 is 1.04 bits per heavy atom. The zero-order valence-electron chi connectivity index (χ0n) is 15.2. The molecule has 1 heterocycles. The number of benzene rings is 1. The molecule has 2 aliphatic rings. The lowest BCUT2D eigenvalue weighted by Gasteiger charge is -2.32. The Kier molecular flexibility index (Phi) is 6.19. The summed E-state index contributed by atoms with van der Waals surface area (Å²) in [5, 5.41) is 0. The van der Waals surface area contributed by atoms with Crippen LogP contribution in [0.15, 0.2) is 29.2 Å². The molecule has 3 rings (SSSR count). The summed E-state index contributed by atoms with van der Waals surface area (Å²) in [6.45, 7) is 0.626. The Bertz CT molecular complexity index is 710. The minimum atomic E-state index is -3.62. The molecule has 0 spiro atoms. The van der Waals surface area contributed by atoms with Crippen molar-refractivity contribution in [2.24, 2.45) is 5.92 Å². The first-order chi connectivity index (χ1) is 12.5. The van der Waals surface area contributed by atoms with Crippen LogP contribution in [0.1, 0.15) is 44.9 Å². The Labute approximate surface area is 155 Å². The molecule has 1 aromatic rings. The molecule has 0 aromatic heterocycles. The standard InChI is InChI=1S/C19H27NO5S/c1-24-16-9-11-18(12-10-16)26(22,23)20-13-5-6-15(14-20)19(21)25-17-7-3-2-4-8-17/h9-12,15,17H,2-8,13-14H2,1H3. The summed E-state index contributed by atoms with van der Waals surface area (Å²) in [6, 6.07) is 6.34. The van der Waals surface area contributed by atoms with Crippen LogP contribution in [-0.2, 0) is 19.6 Å². The van der Waals surface area contributed by atoms with E-state index in [1.54, 1.807) is 12.1 Å². The van der Waals surface area contributed by atoms with E-state index < -0.39 is 10.0 Å². The maximum absolute atomic E-state index is 12.9. The van der Waals surface area contributed by atoms with Crippen molar-refractivity contribution in [3.05, 3.63) is 24.3 Å².